The molecule has 3 nitrogen and oxygen atoms in total. The number of nitrogens with one attached hydrogen (secondary N) is 1. The molecule has 2 atom stereocenters. The highest BCUT2D eigenvalue weighted by Gasteiger charge is 2.23. The topological polar surface area (TPSA) is 49.3 Å². The van der Waals surface area contributed by atoms with Gasteiger partial charge in [0, 0.05) is 11.1 Å². The summed E-state index contributed by atoms with van der Waals surface area (Å²) in [6, 6.07) is 6.86. The Morgan fingerprint density at radius 3 is 2.18 bits per heavy atom. The van der Waals surface area contributed by atoms with Crippen molar-refractivity contribution in [1.82, 2.24) is 5.32 Å². The first-order valence-corrected chi connectivity index (χ1v) is 6.04. The lowest BCUT2D eigenvalue weighted by Crippen LogP contribution is -2.42. The normalized spacial score (nSPS) is 14.6. The van der Waals surface area contributed by atoms with Gasteiger partial charge in [-0.3, -0.25) is 10.1 Å². The number of hydrogen-bond acceptors (Lipinski definition) is 2. The summed E-state index contributed by atoms with van der Waals surface area (Å²) in [5, 5.41) is 12.9. The van der Waals surface area contributed by atoms with Crippen LogP contribution in [-0.2, 0) is 4.79 Å². The van der Waals surface area contributed by atoms with Crippen LogP contribution in [0.2, 0.25) is 5.02 Å². The molecule has 0 amide bonds. The van der Waals surface area contributed by atoms with Crippen LogP contribution < -0.4 is 5.32 Å². The highest BCUT2D eigenvalue weighted by Crippen LogP contribution is 2.17. The second kappa shape index (κ2) is 6.03. The van der Waals surface area contributed by atoms with Crippen molar-refractivity contribution in [3.05, 3.63) is 34.9 Å². The van der Waals surface area contributed by atoms with E-state index in [1.54, 1.807) is 12.1 Å². The second-order valence-corrected chi connectivity index (χ2v) is 4.94. The van der Waals surface area contributed by atoms with Gasteiger partial charge in [0.25, 0.3) is 0 Å². The zero-order valence-corrected chi connectivity index (χ0v) is 11.0. The van der Waals surface area contributed by atoms with E-state index in [0.29, 0.717) is 5.02 Å². The Bertz CT molecular complexity index is 376. The van der Waals surface area contributed by atoms with Gasteiger partial charge in [0.15, 0.2) is 0 Å². The van der Waals surface area contributed by atoms with Crippen LogP contribution in [0, 0.1) is 5.92 Å². The number of hydrogen-bond donors (Lipinski definition) is 2. The van der Waals surface area contributed by atoms with Crippen molar-refractivity contribution in [2.45, 2.75) is 32.9 Å². The van der Waals surface area contributed by atoms with Gasteiger partial charge < -0.3 is 5.11 Å². The molecule has 0 saturated carbocycles. The van der Waals surface area contributed by atoms with Crippen LogP contribution in [0.4, 0.5) is 0 Å². The minimum Gasteiger partial charge on any atom is -0.480 e. The minimum atomic E-state index is -0.819. The first-order valence-electron chi connectivity index (χ1n) is 5.66. The van der Waals surface area contributed by atoms with Crippen LogP contribution in [0.15, 0.2) is 24.3 Å². The van der Waals surface area contributed by atoms with E-state index in [2.05, 4.69) is 5.32 Å². The number of carbonyl (C=O) groups is 1. The zero-order chi connectivity index (χ0) is 13.0. The number of aliphatic carboxylic acids is 1. The van der Waals surface area contributed by atoms with E-state index in [1.807, 2.05) is 32.9 Å². The fraction of sp³-hybridized carbons (Fsp3) is 0.462. The van der Waals surface area contributed by atoms with Crippen LogP contribution in [0.1, 0.15) is 32.4 Å². The summed E-state index contributed by atoms with van der Waals surface area (Å²) < 4.78 is 0. The largest absolute Gasteiger partial charge is 0.480 e. The highest BCUT2D eigenvalue weighted by atomic mass is 35.5. The van der Waals surface area contributed by atoms with E-state index in [1.165, 1.54) is 0 Å². The third-order valence-corrected chi connectivity index (χ3v) is 2.98. The molecule has 1 rings (SSSR count). The SMILES string of the molecule is CC(C)C(N[C@@H](C)c1ccc(Cl)cc1)C(=O)O. The molecule has 0 saturated heterocycles. The number of benzene rings is 1. The minimum absolute atomic E-state index is 0.0178. The van der Waals surface area contributed by atoms with Gasteiger partial charge in [0.2, 0.25) is 0 Å². The van der Waals surface area contributed by atoms with Gasteiger partial charge in [-0.25, -0.2) is 0 Å². The highest BCUT2D eigenvalue weighted by molar-refractivity contribution is 6.30. The summed E-state index contributed by atoms with van der Waals surface area (Å²) in [5.41, 5.74) is 1.03. The van der Waals surface area contributed by atoms with Crippen LogP contribution in [0.5, 0.6) is 0 Å². The number of carboxylic acids is 1. The summed E-state index contributed by atoms with van der Waals surface area (Å²) in [5.74, 6) is -0.775. The number of carboxylic acid groups (broad SMARTS) is 1. The van der Waals surface area contributed by atoms with Crippen molar-refractivity contribution >= 4 is 17.6 Å². The second-order valence-electron chi connectivity index (χ2n) is 4.50. The van der Waals surface area contributed by atoms with Gasteiger partial charge in [-0.05, 0) is 30.5 Å². The quantitative estimate of drug-likeness (QED) is 0.850. The van der Waals surface area contributed by atoms with Crippen molar-refractivity contribution in [2.24, 2.45) is 5.92 Å². The van der Waals surface area contributed by atoms with Crippen molar-refractivity contribution in [2.75, 3.05) is 0 Å². The maximum Gasteiger partial charge on any atom is 0.320 e. The molecule has 0 fully saturated rings. The van der Waals surface area contributed by atoms with Gasteiger partial charge in [0.1, 0.15) is 6.04 Å². The maximum atomic E-state index is 11.1. The predicted molar refractivity (Wildman–Crippen MR) is 69.3 cm³/mol. The summed E-state index contributed by atoms with van der Waals surface area (Å²) in [4.78, 5) is 11.1. The van der Waals surface area contributed by atoms with Crippen molar-refractivity contribution in [3.63, 3.8) is 0 Å². The molecule has 0 bridgehead atoms. The first kappa shape index (κ1) is 14.0. The maximum absolute atomic E-state index is 11.1. The van der Waals surface area contributed by atoms with Crippen LogP contribution in [0.25, 0.3) is 0 Å². The zero-order valence-electron chi connectivity index (χ0n) is 10.3. The average Bonchev–Trinajstić information content (AvgIpc) is 2.25. The van der Waals surface area contributed by atoms with E-state index >= 15 is 0 Å². The van der Waals surface area contributed by atoms with Crippen LogP contribution in [-0.4, -0.2) is 17.1 Å². The molecule has 94 valence electrons. The number of rotatable bonds is 5. The van der Waals surface area contributed by atoms with Gasteiger partial charge >= 0.3 is 5.97 Å². The molecular weight excluding hydrogens is 238 g/mol. The summed E-state index contributed by atoms with van der Waals surface area (Å²) in [7, 11) is 0. The van der Waals surface area contributed by atoms with Crippen molar-refractivity contribution in [1.29, 1.82) is 0 Å². The smallest absolute Gasteiger partial charge is 0.320 e. The van der Waals surface area contributed by atoms with Gasteiger partial charge in [0.05, 0.1) is 0 Å². The predicted octanol–water partition coefficient (Wildman–Crippen LogP) is 3.10. The van der Waals surface area contributed by atoms with Gasteiger partial charge in [-0.15, -0.1) is 0 Å². The number of halogens is 1. The Labute approximate surface area is 107 Å². The Balaban J connectivity index is 2.73. The molecule has 1 aromatic carbocycles. The fourth-order valence-corrected chi connectivity index (χ4v) is 1.79. The van der Waals surface area contributed by atoms with Crippen molar-refractivity contribution in [3.8, 4) is 0 Å². The lowest BCUT2D eigenvalue weighted by Gasteiger charge is -2.23. The van der Waals surface area contributed by atoms with Crippen LogP contribution >= 0.6 is 11.6 Å². The molecule has 0 radical (unpaired) electrons. The molecule has 0 aliphatic rings. The van der Waals surface area contributed by atoms with E-state index in [4.69, 9.17) is 16.7 Å². The van der Waals surface area contributed by atoms with E-state index in [0.717, 1.165) is 5.56 Å². The monoisotopic (exact) mass is 255 g/mol. The van der Waals surface area contributed by atoms with E-state index in [9.17, 15) is 4.79 Å². The van der Waals surface area contributed by atoms with E-state index in [-0.39, 0.29) is 12.0 Å². The third-order valence-electron chi connectivity index (χ3n) is 2.73. The van der Waals surface area contributed by atoms with Gasteiger partial charge in [-0.2, -0.15) is 0 Å². The molecule has 0 aliphatic heterocycles. The molecule has 2 N–H and O–H groups in total. The average molecular weight is 256 g/mol. The molecule has 17 heavy (non-hydrogen) atoms. The van der Waals surface area contributed by atoms with Crippen molar-refractivity contribution < 1.29 is 9.90 Å². The molecule has 0 heterocycles. The lowest BCUT2D eigenvalue weighted by molar-refractivity contribution is -0.140. The molecular formula is C13H18ClNO2. The summed E-state index contributed by atoms with van der Waals surface area (Å²) in [6.07, 6.45) is 0. The van der Waals surface area contributed by atoms with Gasteiger partial charge in [-0.1, -0.05) is 37.6 Å². The fourth-order valence-electron chi connectivity index (χ4n) is 1.67. The Morgan fingerprint density at radius 2 is 1.76 bits per heavy atom. The molecule has 0 aliphatic carbocycles. The summed E-state index contributed by atoms with van der Waals surface area (Å²) in [6.45, 7) is 5.72. The van der Waals surface area contributed by atoms with E-state index < -0.39 is 12.0 Å². The lowest BCUT2D eigenvalue weighted by atomic mass is 10.0. The summed E-state index contributed by atoms with van der Waals surface area (Å²) >= 11 is 5.81. The molecule has 1 aromatic rings. The molecule has 0 aromatic heterocycles. The molecule has 4 heteroatoms. The Morgan fingerprint density at radius 1 is 1.24 bits per heavy atom. The first-order chi connectivity index (χ1) is 7.91. The Kier molecular flexibility index (Phi) is 4.97. The Hall–Kier alpha value is -1.06. The standard InChI is InChI=1S/C13H18ClNO2/c1-8(2)12(13(16)17)15-9(3)10-4-6-11(14)7-5-10/h4-9,12,15H,1-3H3,(H,16,17)/t9-,12?/m0/s1. The molecule has 1 unspecified atom stereocenters. The molecule has 0 spiro atoms. The third kappa shape index (κ3) is 4.02. The van der Waals surface area contributed by atoms with Crippen LogP contribution in [0.3, 0.4) is 0 Å².